The molecule has 0 aliphatic carbocycles. The maximum absolute atomic E-state index is 12.0. The summed E-state index contributed by atoms with van der Waals surface area (Å²) < 4.78 is 0. The van der Waals surface area contributed by atoms with E-state index < -0.39 is 0 Å². The molecule has 1 aromatic heterocycles. The van der Waals surface area contributed by atoms with Crippen molar-refractivity contribution in [3.8, 4) is 0 Å². The smallest absolute Gasteiger partial charge is 0.221 e. The topological polar surface area (TPSA) is 48.5 Å². The van der Waals surface area contributed by atoms with Crippen molar-refractivity contribution in [1.29, 1.82) is 0 Å². The Hall–Kier alpha value is -1.46. The van der Waals surface area contributed by atoms with E-state index in [1.807, 2.05) is 32.2 Å². The second kappa shape index (κ2) is 7.52. The Kier molecular flexibility index (Phi) is 5.70. The fraction of sp³-hybridized carbons (Fsp3) is 0.625. The summed E-state index contributed by atoms with van der Waals surface area (Å²) in [6.07, 6.45) is 2.39. The molecule has 1 amide bonds. The van der Waals surface area contributed by atoms with Gasteiger partial charge < -0.3 is 15.1 Å². The molecule has 0 unspecified atom stereocenters. The van der Waals surface area contributed by atoms with Crippen molar-refractivity contribution in [3.63, 3.8) is 0 Å². The molecule has 0 radical (unpaired) electrons. The van der Waals surface area contributed by atoms with E-state index in [0.717, 1.165) is 44.0 Å². The molecular weight excluding hydrogens is 264 g/mol. The molecule has 0 spiro atoms. The summed E-state index contributed by atoms with van der Waals surface area (Å²) in [4.78, 5) is 21.1. The summed E-state index contributed by atoms with van der Waals surface area (Å²) in [6.45, 7) is 9.11. The van der Waals surface area contributed by atoms with Crippen molar-refractivity contribution in [2.24, 2.45) is 0 Å². The molecule has 21 heavy (non-hydrogen) atoms. The van der Waals surface area contributed by atoms with Crippen LogP contribution in [0.25, 0.3) is 0 Å². The summed E-state index contributed by atoms with van der Waals surface area (Å²) in [7, 11) is 2.14. The lowest BCUT2D eigenvalue weighted by Crippen LogP contribution is -2.45. The average molecular weight is 290 g/mol. The van der Waals surface area contributed by atoms with Crippen LogP contribution in [0.1, 0.15) is 30.6 Å². The number of rotatable bonds is 5. The van der Waals surface area contributed by atoms with E-state index in [2.05, 4.69) is 27.1 Å². The van der Waals surface area contributed by atoms with Crippen molar-refractivity contribution >= 4 is 5.91 Å². The van der Waals surface area contributed by atoms with Gasteiger partial charge in [0.25, 0.3) is 0 Å². The maximum atomic E-state index is 12.0. The highest BCUT2D eigenvalue weighted by Gasteiger charge is 2.16. The van der Waals surface area contributed by atoms with Gasteiger partial charge in [0.15, 0.2) is 0 Å². The highest BCUT2D eigenvalue weighted by atomic mass is 16.1. The lowest BCUT2D eigenvalue weighted by atomic mass is 10.2. The summed E-state index contributed by atoms with van der Waals surface area (Å²) in [5.74, 6) is 0.101. The number of aromatic nitrogens is 1. The molecule has 0 aromatic carbocycles. The van der Waals surface area contributed by atoms with Gasteiger partial charge in [-0.2, -0.15) is 0 Å². The monoisotopic (exact) mass is 290 g/mol. The quantitative estimate of drug-likeness (QED) is 0.885. The van der Waals surface area contributed by atoms with E-state index in [-0.39, 0.29) is 11.9 Å². The summed E-state index contributed by atoms with van der Waals surface area (Å²) in [5, 5.41) is 3.03. The second-order valence-electron chi connectivity index (χ2n) is 5.94. The Labute approximate surface area is 127 Å². The third kappa shape index (κ3) is 5.10. The third-order valence-electron chi connectivity index (χ3n) is 4.01. The van der Waals surface area contributed by atoms with Gasteiger partial charge in [0.2, 0.25) is 5.91 Å². The van der Waals surface area contributed by atoms with Crippen LogP contribution in [0.4, 0.5) is 0 Å². The molecule has 1 N–H and O–H groups in total. The number of aryl methyl sites for hydroxylation is 1. The minimum Gasteiger partial charge on any atom is -0.348 e. The van der Waals surface area contributed by atoms with Crippen molar-refractivity contribution in [2.45, 2.75) is 26.3 Å². The Morgan fingerprint density at radius 2 is 2.05 bits per heavy atom. The fourth-order valence-corrected chi connectivity index (χ4v) is 2.45. The number of carbonyl (C=O) groups is 1. The van der Waals surface area contributed by atoms with E-state index in [0.29, 0.717) is 6.42 Å². The van der Waals surface area contributed by atoms with E-state index in [4.69, 9.17) is 0 Å². The highest BCUT2D eigenvalue weighted by Crippen LogP contribution is 2.10. The zero-order chi connectivity index (χ0) is 15.2. The van der Waals surface area contributed by atoms with Crippen LogP contribution in [0.15, 0.2) is 18.3 Å². The zero-order valence-corrected chi connectivity index (χ0v) is 13.3. The van der Waals surface area contributed by atoms with E-state index >= 15 is 0 Å². The van der Waals surface area contributed by atoms with Crippen LogP contribution in [0.2, 0.25) is 0 Å². The first-order valence-electron chi connectivity index (χ1n) is 7.67. The highest BCUT2D eigenvalue weighted by molar-refractivity contribution is 5.76. The van der Waals surface area contributed by atoms with E-state index in [1.165, 1.54) is 0 Å². The molecule has 1 aliphatic rings. The van der Waals surface area contributed by atoms with Gasteiger partial charge in [-0.05, 0) is 32.5 Å². The zero-order valence-electron chi connectivity index (χ0n) is 13.3. The van der Waals surface area contributed by atoms with Gasteiger partial charge >= 0.3 is 0 Å². The van der Waals surface area contributed by atoms with Gasteiger partial charge in [0.05, 0.1) is 11.7 Å². The molecular formula is C16H26N4O. The number of hydrogen-bond donors (Lipinski definition) is 1. The van der Waals surface area contributed by atoms with Gasteiger partial charge in [0, 0.05) is 45.3 Å². The predicted molar refractivity (Wildman–Crippen MR) is 84.1 cm³/mol. The van der Waals surface area contributed by atoms with Crippen molar-refractivity contribution in [3.05, 3.63) is 29.6 Å². The molecule has 5 nitrogen and oxygen atoms in total. The third-order valence-corrected chi connectivity index (χ3v) is 4.01. The number of nitrogens with one attached hydrogen (secondary N) is 1. The van der Waals surface area contributed by atoms with Gasteiger partial charge in [-0.1, -0.05) is 6.07 Å². The number of carbonyl (C=O) groups excluding carboxylic acids is 1. The molecule has 5 heteroatoms. The first-order valence-corrected chi connectivity index (χ1v) is 7.67. The van der Waals surface area contributed by atoms with Gasteiger partial charge in [-0.25, -0.2) is 0 Å². The van der Waals surface area contributed by atoms with E-state index in [9.17, 15) is 4.79 Å². The first-order chi connectivity index (χ1) is 10.0. The molecule has 1 saturated heterocycles. The van der Waals surface area contributed by atoms with Crippen molar-refractivity contribution in [1.82, 2.24) is 20.1 Å². The number of piperazine rings is 1. The Morgan fingerprint density at radius 1 is 1.33 bits per heavy atom. The van der Waals surface area contributed by atoms with Gasteiger partial charge in [-0.3, -0.25) is 9.78 Å². The van der Waals surface area contributed by atoms with Gasteiger partial charge in [0.1, 0.15) is 0 Å². The van der Waals surface area contributed by atoms with Crippen LogP contribution < -0.4 is 5.32 Å². The SMILES string of the molecule is Cc1ccc([C@@H](C)NC(=O)CCN2CCN(C)CC2)nc1. The standard InChI is InChI=1S/C16H26N4O/c1-13-4-5-15(17-12-13)14(2)18-16(21)6-7-20-10-8-19(3)9-11-20/h4-5,12,14H,6-11H2,1-3H3,(H,18,21)/t14-/m1/s1. The summed E-state index contributed by atoms with van der Waals surface area (Å²) in [5.41, 5.74) is 2.04. The lowest BCUT2D eigenvalue weighted by molar-refractivity contribution is -0.122. The van der Waals surface area contributed by atoms with E-state index in [1.54, 1.807) is 0 Å². The molecule has 116 valence electrons. The Balaban J connectivity index is 1.72. The maximum Gasteiger partial charge on any atom is 0.221 e. The van der Waals surface area contributed by atoms with Crippen LogP contribution in [-0.2, 0) is 4.79 Å². The number of amides is 1. The molecule has 0 bridgehead atoms. The molecule has 2 rings (SSSR count). The summed E-state index contributed by atoms with van der Waals surface area (Å²) in [6, 6.07) is 3.96. The van der Waals surface area contributed by atoms with Crippen molar-refractivity contribution < 1.29 is 4.79 Å². The first kappa shape index (κ1) is 15.9. The van der Waals surface area contributed by atoms with Crippen LogP contribution >= 0.6 is 0 Å². The van der Waals surface area contributed by atoms with Crippen LogP contribution in [0.5, 0.6) is 0 Å². The molecule has 1 atom stereocenters. The predicted octanol–water partition coefficient (Wildman–Crippen LogP) is 1.20. The molecule has 2 heterocycles. The summed E-state index contributed by atoms with van der Waals surface area (Å²) >= 11 is 0. The fourth-order valence-electron chi connectivity index (χ4n) is 2.45. The Morgan fingerprint density at radius 3 is 2.67 bits per heavy atom. The number of nitrogens with zero attached hydrogens (tertiary/aromatic N) is 3. The molecule has 1 aromatic rings. The average Bonchev–Trinajstić information content (AvgIpc) is 2.47. The minimum atomic E-state index is -0.0365. The Bertz CT molecular complexity index is 452. The van der Waals surface area contributed by atoms with Crippen molar-refractivity contribution in [2.75, 3.05) is 39.8 Å². The van der Waals surface area contributed by atoms with Crippen LogP contribution in [0.3, 0.4) is 0 Å². The molecule has 0 saturated carbocycles. The largest absolute Gasteiger partial charge is 0.348 e. The lowest BCUT2D eigenvalue weighted by Gasteiger charge is -2.32. The van der Waals surface area contributed by atoms with Crippen LogP contribution in [0, 0.1) is 6.92 Å². The number of hydrogen-bond acceptors (Lipinski definition) is 4. The second-order valence-corrected chi connectivity index (χ2v) is 5.94. The minimum absolute atomic E-state index is 0.0365. The number of likely N-dealkylation sites (N-methyl/N-ethyl adjacent to an activating group) is 1. The number of pyridine rings is 1. The van der Waals surface area contributed by atoms with Crippen LogP contribution in [-0.4, -0.2) is 60.5 Å². The molecule has 1 aliphatic heterocycles. The molecule has 1 fully saturated rings. The normalized spacial score (nSPS) is 18.4. The van der Waals surface area contributed by atoms with Gasteiger partial charge in [-0.15, -0.1) is 0 Å².